The van der Waals surface area contributed by atoms with Crippen LogP contribution in [-0.2, 0) is 23.8 Å². The number of anilines is 1. The van der Waals surface area contributed by atoms with Gasteiger partial charge in [0.25, 0.3) is 11.7 Å². The van der Waals surface area contributed by atoms with E-state index < -0.39 is 28.7 Å². The van der Waals surface area contributed by atoms with Gasteiger partial charge in [-0.1, -0.05) is 45.0 Å². The molecule has 0 saturated heterocycles. The number of Topliss-reactive ketones (excluding diaryl/α,β-unsaturated/α-hetero) is 1. The zero-order valence-electron chi connectivity index (χ0n) is 20.8. The van der Waals surface area contributed by atoms with Crippen molar-refractivity contribution < 1.29 is 19.4 Å². The summed E-state index contributed by atoms with van der Waals surface area (Å²) in [5, 5.41) is 14.9. The molecule has 5 N–H and O–H groups in total. The first-order chi connectivity index (χ1) is 16.8. The number of hydrogen-bond donors (Lipinski definition) is 4. The molecule has 2 aromatic carbocycles. The van der Waals surface area contributed by atoms with Crippen molar-refractivity contribution in [2.24, 2.45) is 12.5 Å². The van der Waals surface area contributed by atoms with Crippen molar-refractivity contribution in [1.82, 2.24) is 14.9 Å². The maximum Gasteiger partial charge on any atom is 0.326 e. The summed E-state index contributed by atoms with van der Waals surface area (Å²) in [5.41, 5.74) is 5.93. The zero-order chi connectivity index (χ0) is 26.0. The predicted octanol–water partition coefficient (Wildman–Crippen LogP) is 2.35. The van der Waals surface area contributed by atoms with Crippen LogP contribution in [0.15, 0.2) is 41.2 Å². The molecule has 3 atom stereocenters. The number of nitrogens with zero attached hydrogens (tertiary/aromatic N) is 1. The molecule has 1 aliphatic heterocycles. The highest BCUT2D eigenvalue weighted by Gasteiger charge is 2.72. The second-order valence-electron chi connectivity index (χ2n) is 11.1. The molecule has 1 saturated carbocycles. The molecule has 2 aliphatic carbocycles. The third-order valence-corrected chi connectivity index (χ3v) is 8.91. The number of amides is 1. The van der Waals surface area contributed by atoms with Crippen LogP contribution in [0.4, 0.5) is 5.69 Å². The van der Waals surface area contributed by atoms with Gasteiger partial charge in [-0.3, -0.25) is 14.2 Å². The molecule has 3 aliphatic rings. The Bertz CT molecular complexity index is 1580. The van der Waals surface area contributed by atoms with E-state index in [-0.39, 0.29) is 33.3 Å². The van der Waals surface area contributed by atoms with Crippen LogP contribution in [0.3, 0.4) is 0 Å². The van der Waals surface area contributed by atoms with Gasteiger partial charge in [0.05, 0.1) is 5.56 Å². The number of carbonyl (C=O) groups is 2. The molecule has 6 rings (SSSR count). The van der Waals surface area contributed by atoms with Crippen LogP contribution in [0.2, 0.25) is 0 Å². The molecule has 36 heavy (non-hydrogen) atoms. The smallest absolute Gasteiger partial charge is 0.326 e. The van der Waals surface area contributed by atoms with Crippen molar-refractivity contribution in [3.05, 3.63) is 80.5 Å². The first-order valence-electron chi connectivity index (χ1n) is 11.9. The molecule has 9 nitrogen and oxygen atoms in total. The molecular weight excluding hydrogens is 460 g/mol. The van der Waals surface area contributed by atoms with Crippen LogP contribution in [0.25, 0.3) is 0 Å². The number of nitrogens with two attached hydrogens (primary N) is 1. The van der Waals surface area contributed by atoms with Crippen molar-refractivity contribution in [3.63, 3.8) is 0 Å². The fourth-order valence-electron chi connectivity index (χ4n) is 6.10. The normalized spacial score (nSPS) is 28.8. The van der Waals surface area contributed by atoms with Crippen LogP contribution in [-0.4, -0.2) is 26.3 Å². The Hall–Kier alpha value is -3.85. The number of aliphatic hydroxyl groups is 1. The quantitative estimate of drug-likeness (QED) is 0.418. The van der Waals surface area contributed by atoms with Crippen molar-refractivity contribution in [3.8, 4) is 5.75 Å². The fourth-order valence-corrected chi connectivity index (χ4v) is 6.10. The summed E-state index contributed by atoms with van der Waals surface area (Å²) in [4.78, 5) is 42.3. The van der Waals surface area contributed by atoms with Gasteiger partial charge in [-0.15, -0.1) is 0 Å². The predicted molar refractivity (Wildman–Crippen MR) is 132 cm³/mol. The van der Waals surface area contributed by atoms with E-state index in [2.05, 4.69) is 31.1 Å². The molecular formula is C27H28N4O5. The number of carbonyl (C=O) groups excluding carboxylic acids is 2. The molecule has 1 fully saturated rings. The molecule has 2 heterocycles. The molecule has 0 spiro atoms. The summed E-state index contributed by atoms with van der Waals surface area (Å²) in [6.07, 6.45) is 0.990. The summed E-state index contributed by atoms with van der Waals surface area (Å²) in [6.45, 7) is 8.17. The summed E-state index contributed by atoms with van der Waals surface area (Å²) in [6, 6.07) is 10.3. The number of aromatic nitrogens is 2. The number of aromatic amines is 1. The molecule has 0 unspecified atom stereocenters. The van der Waals surface area contributed by atoms with E-state index in [4.69, 9.17) is 10.5 Å². The van der Waals surface area contributed by atoms with Crippen LogP contribution in [0, 0.1) is 12.3 Å². The Morgan fingerprint density at radius 3 is 2.47 bits per heavy atom. The second kappa shape index (κ2) is 6.47. The Morgan fingerprint density at radius 1 is 1.17 bits per heavy atom. The van der Waals surface area contributed by atoms with Gasteiger partial charge < -0.3 is 25.9 Å². The minimum atomic E-state index is -2.23. The zero-order valence-corrected chi connectivity index (χ0v) is 20.8. The van der Waals surface area contributed by atoms with Gasteiger partial charge in [0.2, 0.25) is 11.3 Å². The number of ether oxygens (including phenoxy) is 1. The van der Waals surface area contributed by atoms with E-state index in [1.807, 2.05) is 12.1 Å². The Kier molecular flexibility index (Phi) is 4.06. The number of imidazole rings is 1. The number of benzene rings is 2. The summed E-state index contributed by atoms with van der Waals surface area (Å²) in [7, 11) is 1.53. The SMILES string of the molecule is Cc1c(C(=O)N[C@@]23C(=O)c4c(N)cccc4[C@]2(O)Oc2cc([C@]4(C)CC4(C)C)ccc23)[nH]c(=O)n1C. The lowest BCUT2D eigenvalue weighted by molar-refractivity contribution is -0.169. The van der Waals surface area contributed by atoms with Crippen LogP contribution in [0.1, 0.15) is 70.4 Å². The first kappa shape index (κ1) is 22.6. The molecule has 0 radical (unpaired) electrons. The molecule has 0 bridgehead atoms. The van der Waals surface area contributed by atoms with Gasteiger partial charge in [-0.2, -0.15) is 0 Å². The first-order valence-corrected chi connectivity index (χ1v) is 11.9. The van der Waals surface area contributed by atoms with E-state index in [9.17, 15) is 19.5 Å². The number of nitrogen functional groups attached to an aromatic ring is 1. The molecule has 186 valence electrons. The standard InChI is InChI=1S/C27H28N4O5/c1-13-20(29-23(34)31(13)5)22(33)30-26-15-10-9-14(25(4)12-24(25,2)3)11-18(15)36-27(26,35)16-7-6-8-17(28)19(16)21(26)32/h6-11,35H,12,28H2,1-5H3,(H,29,34)(H,30,33)/t25-,26-,27-/m0/s1. The second-order valence-corrected chi connectivity index (χ2v) is 11.1. The minimum Gasteiger partial charge on any atom is -0.454 e. The van der Waals surface area contributed by atoms with Gasteiger partial charge >= 0.3 is 5.69 Å². The van der Waals surface area contributed by atoms with Crippen LogP contribution < -0.4 is 21.5 Å². The van der Waals surface area contributed by atoms with Gasteiger partial charge in [0.15, 0.2) is 0 Å². The van der Waals surface area contributed by atoms with E-state index in [0.29, 0.717) is 17.0 Å². The average Bonchev–Trinajstić information content (AvgIpc) is 3.00. The van der Waals surface area contributed by atoms with Crippen molar-refractivity contribution in [2.45, 2.75) is 50.9 Å². The summed E-state index contributed by atoms with van der Waals surface area (Å²) in [5.74, 6) is -3.21. The van der Waals surface area contributed by atoms with Crippen LogP contribution in [0.5, 0.6) is 5.75 Å². The highest BCUT2D eigenvalue weighted by atomic mass is 16.6. The maximum atomic E-state index is 14.1. The van der Waals surface area contributed by atoms with Gasteiger partial charge in [-0.25, -0.2) is 4.79 Å². The Balaban J connectivity index is 1.55. The average molecular weight is 489 g/mol. The van der Waals surface area contributed by atoms with Gasteiger partial charge in [0.1, 0.15) is 11.4 Å². The lowest BCUT2D eigenvalue weighted by Gasteiger charge is -2.34. The van der Waals surface area contributed by atoms with E-state index >= 15 is 0 Å². The third kappa shape index (κ3) is 2.41. The fraction of sp³-hybridized carbons (Fsp3) is 0.370. The van der Waals surface area contributed by atoms with E-state index in [1.165, 1.54) is 11.6 Å². The number of hydrogen-bond acceptors (Lipinski definition) is 6. The Morgan fingerprint density at radius 2 is 1.86 bits per heavy atom. The number of rotatable bonds is 3. The number of H-pyrrole nitrogens is 1. The van der Waals surface area contributed by atoms with Gasteiger partial charge in [0, 0.05) is 29.6 Å². The summed E-state index contributed by atoms with van der Waals surface area (Å²) < 4.78 is 7.49. The van der Waals surface area contributed by atoms with Crippen LogP contribution >= 0.6 is 0 Å². The van der Waals surface area contributed by atoms with Crippen molar-refractivity contribution in [1.29, 1.82) is 0 Å². The maximum absolute atomic E-state index is 14.1. The van der Waals surface area contributed by atoms with Gasteiger partial charge in [-0.05, 0) is 41.9 Å². The Labute approximate surface area is 207 Å². The molecule has 1 amide bonds. The monoisotopic (exact) mass is 488 g/mol. The van der Waals surface area contributed by atoms with E-state index in [0.717, 1.165) is 12.0 Å². The lowest BCUT2D eigenvalue weighted by Crippen LogP contribution is -2.60. The van der Waals surface area contributed by atoms with E-state index in [1.54, 1.807) is 31.2 Å². The third-order valence-electron chi connectivity index (χ3n) is 8.91. The topological polar surface area (TPSA) is 139 Å². The van der Waals surface area contributed by atoms with Crippen molar-refractivity contribution >= 4 is 17.4 Å². The molecule has 3 aromatic rings. The highest BCUT2D eigenvalue weighted by Crippen LogP contribution is 2.66. The highest BCUT2D eigenvalue weighted by molar-refractivity contribution is 6.16. The number of nitrogens with one attached hydrogen (secondary N) is 2. The summed E-state index contributed by atoms with van der Waals surface area (Å²) >= 11 is 0. The largest absolute Gasteiger partial charge is 0.454 e. The number of fused-ring (bicyclic) bond motifs is 5. The lowest BCUT2D eigenvalue weighted by atomic mass is 9.81. The number of ketones is 1. The van der Waals surface area contributed by atoms with Crippen molar-refractivity contribution in [2.75, 3.05) is 5.73 Å². The minimum absolute atomic E-state index is 0.00624. The molecule has 1 aromatic heterocycles. The molecule has 9 heteroatoms.